The molecule has 1 amide bonds. The number of aliphatic carboxylic acids is 1. The fraction of sp³-hybridized carbons (Fsp3) is 0.846. The lowest BCUT2D eigenvalue weighted by Crippen LogP contribution is -2.53. The third kappa shape index (κ3) is 3.45. The van der Waals surface area contributed by atoms with E-state index >= 15 is 0 Å². The third-order valence-electron chi connectivity index (χ3n) is 4.24. The summed E-state index contributed by atoms with van der Waals surface area (Å²) in [5, 5.41) is 9.12. The number of nitrogens with zero attached hydrogens (tertiary/aromatic N) is 2. The topological polar surface area (TPSA) is 86.9 Å². The van der Waals surface area contributed by atoms with Gasteiger partial charge in [0, 0.05) is 25.7 Å². The normalized spacial score (nSPS) is 29.2. The summed E-state index contributed by atoms with van der Waals surface area (Å²) >= 11 is 0. The molecular weight excluding hydrogens is 246 g/mol. The first kappa shape index (κ1) is 14.3. The van der Waals surface area contributed by atoms with Gasteiger partial charge < -0.3 is 15.7 Å². The highest BCUT2D eigenvalue weighted by Crippen LogP contribution is 2.23. The number of hydrogen-bond acceptors (Lipinski definition) is 4. The number of amides is 1. The smallest absolute Gasteiger partial charge is 0.307 e. The van der Waals surface area contributed by atoms with Crippen LogP contribution >= 0.6 is 0 Å². The first-order chi connectivity index (χ1) is 9.11. The molecule has 2 saturated heterocycles. The molecule has 0 aromatic carbocycles. The van der Waals surface area contributed by atoms with Gasteiger partial charge in [0.05, 0.1) is 12.5 Å². The van der Waals surface area contributed by atoms with Gasteiger partial charge >= 0.3 is 5.97 Å². The zero-order valence-electron chi connectivity index (χ0n) is 11.3. The van der Waals surface area contributed by atoms with Crippen molar-refractivity contribution >= 4 is 11.9 Å². The maximum Gasteiger partial charge on any atom is 0.307 e. The second-order valence-corrected chi connectivity index (χ2v) is 5.51. The van der Waals surface area contributed by atoms with E-state index in [1.54, 1.807) is 0 Å². The Kier molecular flexibility index (Phi) is 4.76. The summed E-state index contributed by atoms with van der Waals surface area (Å²) in [6.45, 7) is 3.10. The number of carbonyl (C=O) groups excluding carboxylic acids is 1. The number of likely N-dealkylation sites (tertiary alicyclic amines) is 2. The van der Waals surface area contributed by atoms with E-state index in [1.807, 2.05) is 4.90 Å². The Bertz CT molecular complexity index is 348. The highest BCUT2D eigenvalue weighted by atomic mass is 16.4. The van der Waals surface area contributed by atoms with Crippen molar-refractivity contribution in [2.75, 3.05) is 32.7 Å². The van der Waals surface area contributed by atoms with E-state index in [2.05, 4.69) is 4.90 Å². The highest BCUT2D eigenvalue weighted by molar-refractivity contribution is 5.78. The van der Waals surface area contributed by atoms with E-state index < -0.39 is 5.97 Å². The van der Waals surface area contributed by atoms with Crippen LogP contribution in [0.4, 0.5) is 0 Å². The summed E-state index contributed by atoms with van der Waals surface area (Å²) in [7, 11) is 0. The van der Waals surface area contributed by atoms with Crippen molar-refractivity contribution in [3.8, 4) is 0 Å². The van der Waals surface area contributed by atoms with Crippen molar-refractivity contribution in [2.24, 2.45) is 11.7 Å². The molecular formula is C13H23N3O3. The van der Waals surface area contributed by atoms with Crippen molar-refractivity contribution in [1.82, 2.24) is 9.80 Å². The molecule has 19 heavy (non-hydrogen) atoms. The minimum Gasteiger partial charge on any atom is -0.481 e. The quantitative estimate of drug-likeness (QED) is 0.736. The van der Waals surface area contributed by atoms with Crippen LogP contribution in [-0.2, 0) is 9.59 Å². The van der Waals surface area contributed by atoms with Crippen LogP contribution in [0.2, 0.25) is 0 Å². The molecule has 0 aromatic rings. The lowest BCUT2D eigenvalue weighted by molar-refractivity contribution is -0.144. The van der Waals surface area contributed by atoms with Gasteiger partial charge in [-0.15, -0.1) is 0 Å². The van der Waals surface area contributed by atoms with Gasteiger partial charge in [-0.3, -0.25) is 14.5 Å². The predicted octanol–water partition coefficient (Wildman–Crippen LogP) is -0.267. The Hall–Kier alpha value is -1.14. The van der Waals surface area contributed by atoms with Gasteiger partial charge in [-0.25, -0.2) is 0 Å². The SMILES string of the molecule is NCC(=O)N1CCCC(N2CCCC(C(=O)O)C2)C1. The zero-order valence-corrected chi connectivity index (χ0v) is 11.3. The van der Waals surface area contributed by atoms with Crippen LogP contribution in [0, 0.1) is 5.92 Å². The number of carbonyl (C=O) groups is 2. The van der Waals surface area contributed by atoms with Gasteiger partial charge in [0.2, 0.25) is 5.91 Å². The molecule has 0 aliphatic carbocycles. The van der Waals surface area contributed by atoms with Crippen molar-refractivity contribution < 1.29 is 14.7 Å². The zero-order chi connectivity index (χ0) is 13.8. The lowest BCUT2D eigenvalue weighted by Gasteiger charge is -2.42. The summed E-state index contributed by atoms with van der Waals surface area (Å²) in [5.41, 5.74) is 5.41. The van der Waals surface area contributed by atoms with Crippen LogP contribution in [0.3, 0.4) is 0 Å². The summed E-state index contributed by atoms with van der Waals surface area (Å²) in [4.78, 5) is 26.8. The summed E-state index contributed by atoms with van der Waals surface area (Å²) in [6, 6.07) is 0.298. The monoisotopic (exact) mass is 269 g/mol. The standard InChI is InChI=1S/C13H23N3O3/c14-7-12(17)16-6-2-4-11(9-16)15-5-1-3-10(8-15)13(18)19/h10-11H,1-9,14H2,(H,18,19). The van der Waals surface area contributed by atoms with Gasteiger partial charge in [-0.1, -0.05) is 0 Å². The number of piperidine rings is 2. The van der Waals surface area contributed by atoms with Crippen molar-refractivity contribution in [3.05, 3.63) is 0 Å². The summed E-state index contributed by atoms with van der Waals surface area (Å²) in [6.07, 6.45) is 3.72. The lowest BCUT2D eigenvalue weighted by atomic mass is 9.94. The van der Waals surface area contributed by atoms with Crippen LogP contribution in [0.5, 0.6) is 0 Å². The third-order valence-corrected chi connectivity index (χ3v) is 4.24. The number of carboxylic acid groups (broad SMARTS) is 1. The molecule has 0 bridgehead atoms. The Morgan fingerprint density at radius 1 is 1.16 bits per heavy atom. The molecule has 2 heterocycles. The van der Waals surface area contributed by atoms with E-state index in [-0.39, 0.29) is 18.4 Å². The van der Waals surface area contributed by atoms with Gasteiger partial charge in [0.15, 0.2) is 0 Å². The molecule has 108 valence electrons. The van der Waals surface area contributed by atoms with E-state index in [1.165, 1.54) is 0 Å². The molecule has 0 radical (unpaired) electrons. The van der Waals surface area contributed by atoms with E-state index in [0.717, 1.165) is 38.8 Å². The molecule has 2 aliphatic rings. The summed E-state index contributed by atoms with van der Waals surface area (Å²) < 4.78 is 0. The Morgan fingerprint density at radius 3 is 2.58 bits per heavy atom. The van der Waals surface area contributed by atoms with Crippen LogP contribution in [0.25, 0.3) is 0 Å². The van der Waals surface area contributed by atoms with E-state index in [9.17, 15) is 9.59 Å². The number of nitrogens with two attached hydrogens (primary N) is 1. The van der Waals surface area contributed by atoms with E-state index in [0.29, 0.717) is 19.1 Å². The van der Waals surface area contributed by atoms with Crippen LogP contribution in [-0.4, -0.2) is 65.5 Å². The maximum absolute atomic E-state index is 11.7. The van der Waals surface area contributed by atoms with Gasteiger partial charge in [0.1, 0.15) is 0 Å². The molecule has 0 spiro atoms. The molecule has 0 saturated carbocycles. The predicted molar refractivity (Wildman–Crippen MR) is 70.6 cm³/mol. The largest absolute Gasteiger partial charge is 0.481 e. The van der Waals surface area contributed by atoms with Crippen molar-refractivity contribution in [1.29, 1.82) is 0 Å². The summed E-state index contributed by atoms with van der Waals surface area (Å²) in [5.74, 6) is -0.957. The average Bonchev–Trinajstić information content (AvgIpc) is 2.46. The van der Waals surface area contributed by atoms with Crippen LogP contribution in [0.1, 0.15) is 25.7 Å². The van der Waals surface area contributed by atoms with Crippen molar-refractivity contribution in [3.63, 3.8) is 0 Å². The molecule has 2 atom stereocenters. The minimum atomic E-state index is -0.699. The molecule has 6 heteroatoms. The minimum absolute atomic E-state index is 0.00325. The first-order valence-corrected chi connectivity index (χ1v) is 7.06. The Labute approximate surface area is 113 Å². The molecule has 2 unspecified atom stereocenters. The number of hydrogen-bond donors (Lipinski definition) is 2. The Morgan fingerprint density at radius 2 is 1.89 bits per heavy atom. The first-order valence-electron chi connectivity index (χ1n) is 7.06. The number of rotatable bonds is 3. The van der Waals surface area contributed by atoms with E-state index in [4.69, 9.17) is 10.8 Å². The molecule has 2 fully saturated rings. The van der Waals surface area contributed by atoms with Gasteiger partial charge in [-0.05, 0) is 32.2 Å². The second-order valence-electron chi connectivity index (χ2n) is 5.51. The fourth-order valence-electron chi connectivity index (χ4n) is 3.15. The van der Waals surface area contributed by atoms with Crippen LogP contribution < -0.4 is 5.73 Å². The van der Waals surface area contributed by atoms with Gasteiger partial charge in [-0.2, -0.15) is 0 Å². The molecule has 2 rings (SSSR count). The molecule has 6 nitrogen and oxygen atoms in total. The average molecular weight is 269 g/mol. The Balaban J connectivity index is 1.93. The molecule has 2 aliphatic heterocycles. The fourth-order valence-corrected chi connectivity index (χ4v) is 3.15. The molecule has 3 N–H and O–H groups in total. The highest BCUT2D eigenvalue weighted by Gasteiger charge is 2.32. The molecule has 0 aromatic heterocycles. The van der Waals surface area contributed by atoms with Crippen molar-refractivity contribution in [2.45, 2.75) is 31.7 Å². The van der Waals surface area contributed by atoms with Gasteiger partial charge in [0.25, 0.3) is 0 Å². The maximum atomic E-state index is 11.7. The second kappa shape index (κ2) is 6.34. The number of carboxylic acids is 1. The van der Waals surface area contributed by atoms with Crippen LogP contribution in [0.15, 0.2) is 0 Å².